The Kier molecular flexibility index (Phi) is 5.12. The van der Waals surface area contributed by atoms with Crippen LogP contribution in [0.1, 0.15) is 40.0 Å². The summed E-state index contributed by atoms with van der Waals surface area (Å²) in [4.78, 5) is 12.4. The van der Waals surface area contributed by atoms with Gasteiger partial charge < -0.3 is 11.1 Å². The third-order valence-corrected chi connectivity index (χ3v) is 3.62. The topological polar surface area (TPSA) is 55.1 Å². The highest BCUT2D eigenvalue weighted by Crippen LogP contribution is 2.17. The predicted octanol–water partition coefficient (Wildman–Crippen LogP) is 2.99. The smallest absolute Gasteiger partial charge is 0.251 e. The molecule has 0 saturated carbocycles. The number of amides is 1. The maximum absolute atomic E-state index is 12.4. The van der Waals surface area contributed by atoms with E-state index in [1.54, 1.807) is 0 Å². The Hall–Kier alpha value is -2.13. The summed E-state index contributed by atoms with van der Waals surface area (Å²) in [5.74, 6) is -0.0513. The van der Waals surface area contributed by atoms with Crippen LogP contribution >= 0.6 is 0 Å². The SMILES string of the molecule is Cc1ccccc1C(C)NC(=O)c1cccc(CCN)c1. The van der Waals surface area contributed by atoms with E-state index in [9.17, 15) is 4.79 Å². The standard InChI is InChI=1S/C18H22N2O/c1-13-6-3-4-9-17(13)14(2)20-18(21)16-8-5-7-15(12-16)10-11-19/h3-9,12,14H,10-11,19H2,1-2H3,(H,20,21). The Labute approximate surface area is 126 Å². The molecule has 0 aliphatic carbocycles. The van der Waals surface area contributed by atoms with E-state index in [-0.39, 0.29) is 11.9 Å². The average Bonchev–Trinajstić information content (AvgIpc) is 2.48. The normalized spacial score (nSPS) is 12.0. The van der Waals surface area contributed by atoms with Gasteiger partial charge in [0.25, 0.3) is 5.91 Å². The van der Waals surface area contributed by atoms with Gasteiger partial charge in [0.1, 0.15) is 0 Å². The second kappa shape index (κ2) is 7.04. The van der Waals surface area contributed by atoms with Gasteiger partial charge in [0.2, 0.25) is 0 Å². The molecule has 0 heterocycles. The Morgan fingerprint density at radius 2 is 1.95 bits per heavy atom. The zero-order chi connectivity index (χ0) is 15.2. The van der Waals surface area contributed by atoms with Gasteiger partial charge in [-0.05, 0) is 55.6 Å². The summed E-state index contributed by atoms with van der Waals surface area (Å²) in [6.45, 7) is 4.65. The molecule has 0 aromatic heterocycles. The first-order valence-electron chi connectivity index (χ1n) is 7.27. The molecular weight excluding hydrogens is 260 g/mol. The van der Waals surface area contributed by atoms with Crippen LogP contribution in [0.3, 0.4) is 0 Å². The van der Waals surface area contributed by atoms with E-state index in [1.165, 1.54) is 5.56 Å². The fourth-order valence-corrected chi connectivity index (χ4v) is 2.47. The second-order valence-electron chi connectivity index (χ2n) is 5.29. The molecule has 0 radical (unpaired) electrons. The van der Waals surface area contributed by atoms with Crippen LogP contribution in [0.25, 0.3) is 0 Å². The first-order valence-corrected chi connectivity index (χ1v) is 7.27. The second-order valence-corrected chi connectivity index (χ2v) is 5.29. The molecule has 0 fully saturated rings. The molecule has 2 aromatic carbocycles. The molecule has 3 nitrogen and oxygen atoms in total. The Morgan fingerprint density at radius 3 is 2.67 bits per heavy atom. The van der Waals surface area contributed by atoms with Gasteiger partial charge >= 0.3 is 0 Å². The van der Waals surface area contributed by atoms with Crippen molar-refractivity contribution in [3.63, 3.8) is 0 Å². The van der Waals surface area contributed by atoms with Crippen LogP contribution in [-0.4, -0.2) is 12.5 Å². The molecule has 0 aliphatic rings. The average molecular weight is 282 g/mol. The summed E-state index contributed by atoms with van der Waals surface area (Å²) in [5.41, 5.74) is 9.66. The van der Waals surface area contributed by atoms with Crippen LogP contribution in [-0.2, 0) is 6.42 Å². The van der Waals surface area contributed by atoms with E-state index in [0.717, 1.165) is 17.5 Å². The lowest BCUT2D eigenvalue weighted by Gasteiger charge is -2.17. The number of carbonyl (C=O) groups is 1. The molecule has 3 N–H and O–H groups in total. The Bertz CT molecular complexity index is 622. The minimum atomic E-state index is -0.0513. The monoisotopic (exact) mass is 282 g/mol. The summed E-state index contributed by atoms with van der Waals surface area (Å²) in [7, 11) is 0. The molecule has 1 atom stereocenters. The third kappa shape index (κ3) is 3.92. The van der Waals surface area contributed by atoms with E-state index < -0.39 is 0 Å². The largest absolute Gasteiger partial charge is 0.346 e. The number of benzene rings is 2. The van der Waals surface area contributed by atoms with Gasteiger partial charge in [-0.3, -0.25) is 4.79 Å². The first-order chi connectivity index (χ1) is 10.1. The molecular formula is C18H22N2O. The van der Waals surface area contributed by atoms with Crippen molar-refractivity contribution in [2.75, 3.05) is 6.54 Å². The molecule has 110 valence electrons. The van der Waals surface area contributed by atoms with E-state index in [0.29, 0.717) is 12.1 Å². The first kappa shape index (κ1) is 15.3. The van der Waals surface area contributed by atoms with Crippen molar-refractivity contribution in [2.45, 2.75) is 26.3 Å². The number of nitrogens with one attached hydrogen (secondary N) is 1. The summed E-state index contributed by atoms with van der Waals surface area (Å²) in [6, 6.07) is 15.7. The van der Waals surface area contributed by atoms with E-state index in [2.05, 4.69) is 18.3 Å². The molecule has 3 heteroatoms. The van der Waals surface area contributed by atoms with E-state index in [4.69, 9.17) is 5.73 Å². The number of nitrogens with two attached hydrogens (primary N) is 1. The Morgan fingerprint density at radius 1 is 1.19 bits per heavy atom. The van der Waals surface area contributed by atoms with Gasteiger partial charge in [0.05, 0.1) is 6.04 Å². The van der Waals surface area contributed by atoms with Gasteiger partial charge in [-0.1, -0.05) is 36.4 Å². The van der Waals surface area contributed by atoms with Crippen molar-refractivity contribution in [3.8, 4) is 0 Å². The molecule has 0 bridgehead atoms. The molecule has 2 rings (SSSR count). The van der Waals surface area contributed by atoms with E-state index in [1.807, 2.05) is 49.4 Å². The van der Waals surface area contributed by atoms with Crippen molar-refractivity contribution in [3.05, 3.63) is 70.8 Å². The molecule has 21 heavy (non-hydrogen) atoms. The van der Waals surface area contributed by atoms with Crippen molar-refractivity contribution < 1.29 is 4.79 Å². The number of hydrogen-bond donors (Lipinski definition) is 2. The van der Waals surface area contributed by atoms with Crippen LogP contribution in [0.2, 0.25) is 0 Å². The van der Waals surface area contributed by atoms with Gasteiger partial charge in [0, 0.05) is 5.56 Å². The van der Waals surface area contributed by atoms with Gasteiger partial charge in [-0.25, -0.2) is 0 Å². The molecule has 1 amide bonds. The van der Waals surface area contributed by atoms with Crippen molar-refractivity contribution >= 4 is 5.91 Å². The van der Waals surface area contributed by atoms with Crippen molar-refractivity contribution in [1.29, 1.82) is 0 Å². The highest BCUT2D eigenvalue weighted by molar-refractivity contribution is 5.94. The highest BCUT2D eigenvalue weighted by atomic mass is 16.1. The van der Waals surface area contributed by atoms with Gasteiger partial charge in [-0.2, -0.15) is 0 Å². The molecule has 0 saturated heterocycles. The predicted molar refractivity (Wildman–Crippen MR) is 86.3 cm³/mol. The zero-order valence-corrected chi connectivity index (χ0v) is 12.6. The molecule has 2 aromatic rings. The van der Waals surface area contributed by atoms with E-state index >= 15 is 0 Å². The molecule has 0 aliphatic heterocycles. The van der Waals surface area contributed by atoms with Gasteiger partial charge in [0.15, 0.2) is 0 Å². The number of aryl methyl sites for hydroxylation is 1. The number of rotatable bonds is 5. The molecule has 0 spiro atoms. The lowest BCUT2D eigenvalue weighted by atomic mass is 10.0. The zero-order valence-electron chi connectivity index (χ0n) is 12.6. The van der Waals surface area contributed by atoms with Crippen LogP contribution in [0, 0.1) is 6.92 Å². The lowest BCUT2D eigenvalue weighted by Crippen LogP contribution is -2.27. The maximum atomic E-state index is 12.4. The molecule has 1 unspecified atom stereocenters. The summed E-state index contributed by atoms with van der Waals surface area (Å²) < 4.78 is 0. The highest BCUT2D eigenvalue weighted by Gasteiger charge is 2.13. The minimum Gasteiger partial charge on any atom is -0.346 e. The minimum absolute atomic E-state index is 0.0168. The van der Waals surface area contributed by atoms with Crippen molar-refractivity contribution in [2.24, 2.45) is 5.73 Å². The van der Waals surface area contributed by atoms with Crippen LogP contribution in [0.4, 0.5) is 0 Å². The lowest BCUT2D eigenvalue weighted by molar-refractivity contribution is 0.0939. The number of hydrogen-bond acceptors (Lipinski definition) is 2. The quantitative estimate of drug-likeness (QED) is 0.885. The third-order valence-electron chi connectivity index (χ3n) is 3.62. The fourth-order valence-electron chi connectivity index (χ4n) is 2.47. The van der Waals surface area contributed by atoms with Crippen LogP contribution in [0.15, 0.2) is 48.5 Å². The van der Waals surface area contributed by atoms with Gasteiger partial charge in [-0.15, -0.1) is 0 Å². The fraction of sp³-hybridized carbons (Fsp3) is 0.278. The Balaban J connectivity index is 2.11. The summed E-state index contributed by atoms with van der Waals surface area (Å²) in [6.07, 6.45) is 0.786. The van der Waals surface area contributed by atoms with Crippen molar-refractivity contribution in [1.82, 2.24) is 5.32 Å². The van der Waals surface area contributed by atoms with Crippen LogP contribution < -0.4 is 11.1 Å². The van der Waals surface area contributed by atoms with Crippen LogP contribution in [0.5, 0.6) is 0 Å². The summed E-state index contributed by atoms with van der Waals surface area (Å²) in [5, 5.41) is 3.05. The summed E-state index contributed by atoms with van der Waals surface area (Å²) >= 11 is 0. The number of carbonyl (C=O) groups excluding carboxylic acids is 1. The maximum Gasteiger partial charge on any atom is 0.251 e.